The van der Waals surface area contributed by atoms with Crippen LogP contribution in [0.4, 0.5) is 13.2 Å². The van der Waals surface area contributed by atoms with Gasteiger partial charge in [-0.3, -0.25) is 9.69 Å². The first-order chi connectivity index (χ1) is 27.5. The Kier molecular flexibility index (Phi) is 10.8. The Bertz CT molecular complexity index is 2080. The van der Waals surface area contributed by atoms with Crippen LogP contribution in [0.3, 0.4) is 0 Å². The minimum Gasteiger partial charge on any atom is -0.453 e. The molecule has 11 heteroatoms. The third kappa shape index (κ3) is 6.65. The predicted octanol–water partition coefficient (Wildman–Crippen LogP) is 9.68. The molecule has 9 unspecified atom stereocenters. The number of fused-ring (bicyclic) bond motifs is 1. The number of carbonyl (C=O) groups excluding carboxylic acids is 1. The van der Waals surface area contributed by atoms with E-state index >= 15 is 4.79 Å². The van der Waals surface area contributed by atoms with Gasteiger partial charge < -0.3 is 24.5 Å². The van der Waals surface area contributed by atoms with Gasteiger partial charge in [-0.05, 0) is 111 Å². The van der Waals surface area contributed by atoms with E-state index in [-0.39, 0.29) is 51.7 Å². The number of halogens is 4. The van der Waals surface area contributed by atoms with Crippen molar-refractivity contribution in [3.8, 4) is 11.3 Å². The number of hydrogen-bond acceptors (Lipinski definition) is 7. The number of carbonyl (C=O) groups is 1. The Labute approximate surface area is 343 Å². The molecule has 7 nitrogen and oxygen atoms in total. The highest BCUT2D eigenvalue weighted by molar-refractivity contribution is 6.33. The van der Waals surface area contributed by atoms with Gasteiger partial charge in [0.25, 0.3) is 0 Å². The van der Waals surface area contributed by atoms with Crippen molar-refractivity contribution in [1.29, 1.82) is 0 Å². The number of alkyl halides is 3. The number of nitrogens with zero attached hydrogens (tertiary/aromatic N) is 1. The van der Waals surface area contributed by atoms with E-state index in [1.54, 1.807) is 0 Å². The first kappa shape index (κ1) is 41.5. The molecule has 9 rings (SSSR count). The van der Waals surface area contributed by atoms with Crippen LogP contribution < -0.4 is 0 Å². The van der Waals surface area contributed by atoms with Crippen molar-refractivity contribution in [3.05, 3.63) is 106 Å². The number of furan rings is 1. The Hall–Kier alpha value is -3.25. The molecule has 3 aromatic rings. The van der Waals surface area contributed by atoms with Crippen LogP contribution in [0.1, 0.15) is 93.8 Å². The second-order valence-corrected chi connectivity index (χ2v) is 18.8. The van der Waals surface area contributed by atoms with Crippen LogP contribution in [0.15, 0.2) is 88.9 Å². The maximum absolute atomic E-state index is 15.1. The highest BCUT2D eigenvalue weighted by atomic mass is 35.5. The van der Waals surface area contributed by atoms with Gasteiger partial charge in [0.05, 0.1) is 41.6 Å². The predicted molar refractivity (Wildman–Crippen MR) is 216 cm³/mol. The SMILES string of the molecule is CCCN(CC(O)COCc1ccccc1)CC1(O)CCC2C34C=CC5(C=C3C(=O)c3ccc(-c6cc(C(F)(F)F)ccc6Cl)o3)CC(O)CCC5(C)C4CCC21C. The highest BCUT2D eigenvalue weighted by Crippen LogP contribution is 2.78. The normalized spacial score (nSPS) is 34.4. The number of hydrogen-bond donors (Lipinski definition) is 3. The molecule has 6 aliphatic carbocycles. The lowest BCUT2D eigenvalue weighted by atomic mass is 9.32. The van der Waals surface area contributed by atoms with Gasteiger partial charge in [-0.2, -0.15) is 13.2 Å². The fourth-order valence-electron chi connectivity index (χ4n) is 12.4. The Morgan fingerprint density at radius 3 is 2.47 bits per heavy atom. The standard InChI is InChI=1S/C47H55ClF3NO6/c1-4-22-52(26-33(54)28-57-27-30-8-6-5-7-9-30)29-45(56)19-16-40-43(45,3)18-15-39-42(2)17-14-32(53)24-44(42)20-21-46(39,40)35(25-44)41(55)38-13-12-37(58-38)34-23-31(47(49,50)51)10-11-36(34)48/h5-13,20-21,23,25,32-33,39-40,53-54,56H,4,14-19,22,24,26-29H2,1-3H3. The summed E-state index contributed by atoms with van der Waals surface area (Å²) < 4.78 is 53.1. The summed E-state index contributed by atoms with van der Waals surface area (Å²) in [6.45, 7) is 8.56. The number of aliphatic hydroxyl groups excluding tert-OH is 2. The van der Waals surface area contributed by atoms with Gasteiger partial charge >= 0.3 is 6.18 Å². The van der Waals surface area contributed by atoms with Gasteiger partial charge in [0.15, 0.2) is 5.76 Å². The third-order valence-electron chi connectivity index (χ3n) is 15.3. The quantitative estimate of drug-likeness (QED) is 0.117. The molecule has 3 N–H and O–H groups in total. The number of aliphatic hydroxyl groups is 3. The Balaban J connectivity index is 1.11. The summed E-state index contributed by atoms with van der Waals surface area (Å²) in [7, 11) is 0. The van der Waals surface area contributed by atoms with E-state index in [0.29, 0.717) is 57.5 Å². The molecule has 6 aliphatic rings. The lowest BCUT2D eigenvalue weighted by Crippen LogP contribution is -2.67. The van der Waals surface area contributed by atoms with E-state index in [1.807, 2.05) is 30.3 Å². The molecule has 1 heterocycles. The van der Waals surface area contributed by atoms with Crippen LogP contribution in [0.25, 0.3) is 11.3 Å². The largest absolute Gasteiger partial charge is 0.453 e. The molecule has 3 fully saturated rings. The average molecular weight is 822 g/mol. The monoisotopic (exact) mass is 821 g/mol. The molecule has 0 radical (unpaired) electrons. The van der Waals surface area contributed by atoms with Gasteiger partial charge in [0, 0.05) is 40.5 Å². The van der Waals surface area contributed by atoms with Crippen LogP contribution in [0, 0.1) is 33.5 Å². The lowest BCUT2D eigenvalue weighted by molar-refractivity contribution is -0.177. The summed E-state index contributed by atoms with van der Waals surface area (Å²) >= 11 is 6.39. The number of ether oxygens (including phenoxy) is 1. The molecular formula is C47H55ClF3NO6. The van der Waals surface area contributed by atoms with E-state index in [2.05, 4.69) is 43.9 Å². The fraction of sp³-hybridized carbons (Fsp3) is 0.553. The minimum absolute atomic E-state index is 0.0105. The zero-order valence-electron chi connectivity index (χ0n) is 33.5. The average Bonchev–Trinajstić information content (AvgIpc) is 3.77. The maximum atomic E-state index is 15.1. The second kappa shape index (κ2) is 15.0. The minimum atomic E-state index is -4.59. The summed E-state index contributed by atoms with van der Waals surface area (Å²) in [5.41, 5.74) is -2.50. The van der Waals surface area contributed by atoms with Crippen LogP contribution in [-0.2, 0) is 17.5 Å². The summed E-state index contributed by atoms with van der Waals surface area (Å²) in [6.07, 6.45) is 6.21. The molecule has 2 spiro atoms. The third-order valence-corrected chi connectivity index (χ3v) is 15.6. The van der Waals surface area contributed by atoms with Gasteiger partial charge in [-0.1, -0.05) is 80.9 Å². The Morgan fingerprint density at radius 2 is 1.72 bits per heavy atom. The topological polar surface area (TPSA) is 103 Å². The molecule has 2 bridgehead atoms. The summed E-state index contributed by atoms with van der Waals surface area (Å²) in [5.74, 6) is -0.335. The van der Waals surface area contributed by atoms with E-state index in [0.717, 1.165) is 43.4 Å². The van der Waals surface area contributed by atoms with Crippen molar-refractivity contribution in [2.24, 2.45) is 33.5 Å². The van der Waals surface area contributed by atoms with Crippen molar-refractivity contribution < 1.29 is 42.4 Å². The van der Waals surface area contributed by atoms with Gasteiger partial charge in [-0.25, -0.2) is 0 Å². The molecular weight excluding hydrogens is 767 g/mol. The van der Waals surface area contributed by atoms with Crippen LogP contribution in [-0.4, -0.2) is 70.1 Å². The van der Waals surface area contributed by atoms with Crippen LogP contribution >= 0.6 is 11.6 Å². The van der Waals surface area contributed by atoms with Crippen molar-refractivity contribution >= 4 is 17.4 Å². The maximum Gasteiger partial charge on any atom is 0.416 e. The number of rotatable bonds is 13. The molecule has 0 amide bonds. The molecule has 9 atom stereocenters. The Morgan fingerprint density at radius 1 is 1.00 bits per heavy atom. The number of ketones is 1. The molecule has 3 saturated carbocycles. The molecule has 1 aromatic heterocycles. The fourth-order valence-corrected chi connectivity index (χ4v) is 12.6. The van der Waals surface area contributed by atoms with Crippen molar-refractivity contribution in [3.63, 3.8) is 0 Å². The van der Waals surface area contributed by atoms with E-state index < -0.39 is 45.8 Å². The van der Waals surface area contributed by atoms with Crippen molar-refractivity contribution in [1.82, 2.24) is 4.90 Å². The molecule has 58 heavy (non-hydrogen) atoms. The molecule has 312 valence electrons. The van der Waals surface area contributed by atoms with E-state index in [9.17, 15) is 28.5 Å². The summed E-state index contributed by atoms with van der Waals surface area (Å²) in [6, 6.07) is 15.9. The molecule has 0 aliphatic heterocycles. The first-order valence-electron chi connectivity index (χ1n) is 20.9. The second-order valence-electron chi connectivity index (χ2n) is 18.4. The van der Waals surface area contributed by atoms with Crippen molar-refractivity contribution in [2.45, 2.75) is 103 Å². The lowest BCUT2D eigenvalue weighted by Gasteiger charge is -2.71. The van der Waals surface area contributed by atoms with E-state index in [4.69, 9.17) is 20.8 Å². The van der Waals surface area contributed by atoms with E-state index in [1.165, 1.54) is 18.2 Å². The molecule has 2 aromatic carbocycles. The summed E-state index contributed by atoms with van der Waals surface area (Å²) in [4.78, 5) is 17.2. The number of allylic oxidation sites excluding steroid dienone is 4. The first-order valence-corrected chi connectivity index (χ1v) is 21.2. The highest BCUT2D eigenvalue weighted by Gasteiger charge is 2.74. The number of Topliss-reactive ketones (excluding diaryl/α,β-unsaturated/α-hetero) is 1. The van der Waals surface area contributed by atoms with Gasteiger partial charge in [-0.15, -0.1) is 0 Å². The number of benzene rings is 2. The van der Waals surface area contributed by atoms with Crippen LogP contribution in [0.2, 0.25) is 5.02 Å². The van der Waals surface area contributed by atoms with Crippen molar-refractivity contribution in [2.75, 3.05) is 26.2 Å². The van der Waals surface area contributed by atoms with Gasteiger partial charge in [0.2, 0.25) is 5.78 Å². The van der Waals surface area contributed by atoms with Gasteiger partial charge in [0.1, 0.15) is 5.76 Å². The summed E-state index contributed by atoms with van der Waals surface area (Å²) in [5, 5.41) is 35.2. The zero-order chi connectivity index (χ0) is 41.3. The van der Waals surface area contributed by atoms with Crippen LogP contribution in [0.5, 0.6) is 0 Å². The zero-order valence-corrected chi connectivity index (χ0v) is 34.3. The smallest absolute Gasteiger partial charge is 0.416 e. The molecule has 0 saturated heterocycles.